The number of aromatic amines is 1. The van der Waals surface area contributed by atoms with Crippen molar-refractivity contribution in [1.82, 2.24) is 14.5 Å². The molecule has 152 valence electrons. The molecule has 2 aromatic heterocycles. The van der Waals surface area contributed by atoms with Crippen molar-refractivity contribution in [1.29, 1.82) is 0 Å². The number of imidazole rings is 1. The second-order valence-corrected chi connectivity index (χ2v) is 7.24. The summed E-state index contributed by atoms with van der Waals surface area (Å²) in [5.74, 6) is -1.25. The Morgan fingerprint density at radius 1 is 1.07 bits per heavy atom. The number of nitrogens with one attached hydrogen (secondary N) is 1. The summed E-state index contributed by atoms with van der Waals surface area (Å²) >= 11 is 0. The first-order valence-electron chi connectivity index (χ1n) is 9.73. The van der Waals surface area contributed by atoms with Crippen LogP contribution < -0.4 is 5.73 Å². The minimum absolute atomic E-state index is 0.0738. The molecule has 2 heterocycles. The van der Waals surface area contributed by atoms with Gasteiger partial charge in [0, 0.05) is 29.9 Å². The number of aryl methyl sites for hydroxylation is 2. The Kier molecular flexibility index (Phi) is 5.45. The van der Waals surface area contributed by atoms with E-state index in [2.05, 4.69) is 22.1 Å². The number of aliphatic carboxylic acids is 1. The molecule has 0 bridgehead atoms. The summed E-state index contributed by atoms with van der Waals surface area (Å²) < 4.78 is 1.59. The molecule has 4 rings (SSSR count). The zero-order valence-electron chi connectivity index (χ0n) is 16.3. The SMILES string of the molecule is NC(Cc1cnc(C(=O)n2cc(CCc3ccccc3)c3ccccc32)[nH]1)C(=O)O. The maximum absolute atomic E-state index is 13.1. The van der Waals surface area contributed by atoms with E-state index in [1.165, 1.54) is 11.8 Å². The van der Waals surface area contributed by atoms with Crippen molar-refractivity contribution < 1.29 is 14.7 Å². The van der Waals surface area contributed by atoms with Crippen LogP contribution in [0.1, 0.15) is 27.4 Å². The second-order valence-electron chi connectivity index (χ2n) is 7.24. The molecule has 0 aliphatic carbocycles. The van der Waals surface area contributed by atoms with E-state index in [0.717, 1.165) is 29.3 Å². The Morgan fingerprint density at radius 3 is 2.57 bits per heavy atom. The minimum Gasteiger partial charge on any atom is -0.480 e. The molecule has 0 aliphatic rings. The van der Waals surface area contributed by atoms with Gasteiger partial charge in [0.05, 0.1) is 5.52 Å². The van der Waals surface area contributed by atoms with E-state index in [0.29, 0.717) is 5.69 Å². The largest absolute Gasteiger partial charge is 0.480 e. The van der Waals surface area contributed by atoms with Crippen LogP contribution in [-0.2, 0) is 24.1 Å². The molecule has 0 amide bonds. The van der Waals surface area contributed by atoms with Crippen LogP contribution in [0, 0.1) is 0 Å². The summed E-state index contributed by atoms with van der Waals surface area (Å²) in [6.45, 7) is 0. The predicted molar refractivity (Wildman–Crippen MR) is 113 cm³/mol. The summed E-state index contributed by atoms with van der Waals surface area (Å²) in [5.41, 5.74) is 9.21. The van der Waals surface area contributed by atoms with Crippen molar-refractivity contribution in [3.8, 4) is 0 Å². The number of benzene rings is 2. The normalized spacial score (nSPS) is 12.2. The molecule has 0 saturated heterocycles. The molecule has 0 fully saturated rings. The molecular formula is C23H22N4O3. The van der Waals surface area contributed by atoms with Gasteiger partial charge in [-0.1, -0.05) is 48.5 Å². The second kappa shape index (κ2) is 8.34. The lowest BCUT2D eigenvalue weighted by Gasteiger charge is -2.03. The molecule has 0 spiro atoms. The molecule has 2 aromatic carbocycles. The van der Waals surface area contributed by atoms with Crippen LogP contribution in [-0.4, -0.2) is 37.6 Å². The molecule has 1 unspecified atom stereocenters. The van der Waals surface area contributed by atoms with Crippen LogP contribution in [0.4, 0.5) is 0 Å². The zero-order valence-corrected chi connectivity index (χ0v) is 16.3. The summed E-state index contributed by atoms with van der Waals surface area (Å²) in [6.07, 6.45) is 5.08. The van der Waals surface area contributed by atoms with E-state index in [1.54, 1.807) is 4.57 Å². The molecule has 7 nitrogen and oxygen atoms in total. The van der Waals surface area contributed by atoms with E-state index < -0.39 is 12.0 Å². The lowest BCUT2D eigenvalue weighted by atomic mass is 10.0. The quantitative estimate of drug-likeness (QED) is 0.440. The van der Waals surface area contributed by atoms with Crippen LogP contribution in [0.25, 0.3) is 10.9 Å². The van der Waals surface area contributed by atoms with Crippen molar-refractivity contribution in [2.45, 2.75) is 25.3 Å². The number of fused-ring (bicyclic) bond motifs is 1. The lowest BCUT2D eigenvalue weighted by molar-refractivity contribution is -0.138. The first-order chi connectivity index (χ1) is 14.5. The Balaban J connectivity index is 1.60. The van der Waals surface area contributed by atoms with E-state index in [1.807, 2.05) is 48.7 Å². The van der Waals surface area contributed by atoms with Crippen LogP contribution in [0.2, 0.25) is 0 Å². The Hall–Kier alpha value is -3.71. The highest BCUT2D eigenvalue weighted by molar-refractivity contribution is 6.01. The van der Waals surface area contributed by atoms with Gasteiger partial charge >= 0.3 is 5.97 Å². The van der Waals surface area contributed by atoms with E-state index in [4.69, 9.17) is 10.8 Å². The van der Waals surface area contributed by atoms with Crippen molar-refractivity contribution >= 4 is 22.8 Å². The summed E-state index contributed by atoms with van der Waals surface area (Å²) in [6, 6.07) is 16.9. The van der Waals surface area contributed by atoms with Crippen molar-refractivity contribution in [3.63, 3.8) is 0 Å². The third kappa shape index (κ3) is 4.01. The van der Waals surface area contributed by atoms with Crippen LogP contribution in [0.3, 0.4) is 0 Å². The predicted octanol–water partition coefficient (Wildman–Crippen LogP) is 2.79. The van der Waals surface area contributed by atoms with Gasteiger partial charge < -0.3 is 15.8 Å². The monoisotopic (exact) mass is 402 g/mol. The van der Waals surface area contributed by atoms with Crippen LogP contribution in [0.5, 0.6) is 0 Å². The molecule has 0 radical (unpaired) electrons. The molecular weight excluding hydrogens is 380 g/mol. The number of carbonyl (C=O) groups excluding carboxylic acids is 1. The Morgan fingerprint density at radius 2 is 1.80 bits per heavy atom. The standard InChI is InChI=1S/C23H22N4O3/c24-19(23(29)30)12-17-13-25-21(26-17)22(28)27-14-16(18-8-4-5-9-20(18)27)11-10-15-6-2-1-3-7-15/h1-9,13-14,19H,10-12,24H2,(H,25,26)(H,29,30). The van der Waals surface area contributed by atoms with Crippen molar-refractivity contribution in [3.05, 3.63) is 89.6 Å². The van der Waals surface area contributed by atoms with Gasteiger partial charge in [-0.2, -0.15) is 0 Å². The molecule has 7 heteroatoms. The zero-order chi connectivity index (χ0) is 21.1. The van der Waals surface area contributed by atoms with Crippen molar-refractivity contribution in [2.75, 3.05) is 0 Å². The maximum atomic E-state index is 13.1. The van der Waals surface area contributed by atoms with Gasteiger partial charge in [0.25, 0.3) is 5.91 Å². The third-order valence-electron chi connectivity index (χ3n) is 5.13. The Bertz CT molecular complexity index is 1190. The average Bonchev–Trinajstić information content (AvgIpc) is 3.37. The fourth-order valence-corrected chi connectivity index (χ4v) is 3.55. The first kappa shape index (κ1) is 19.6. The molecule has 0 saturated carbocycles. The van der Waals surface area contributed by atoms with E-state index in [9.17, 15) is 9.59 Å². The highest BCUT2D eigenvalue weighted by Crippen LogP contribution is 2.23. The molecule has 4 N–H and O–H groups in total. The number of nitrogens with two attached hydrogens (primary N) is 1. The third-order valence-corrected chi connectivity index (χ3v) is 5.13. The van der Waals surface area contributed by atoms with E-state index >= 15 is 0 Å². The number of aromatic nitrogens is 3. The number of nitrogens with zero attached hydrogens (tertiary/aromatic N) is 2. The molecule has 0 aliphatic heterocycles. The highest BCUT2D eigenvalue weighted by Gasteiger charge is 2.19. The first-order valence-corrected chi connectivity index (χ1v) is 9.73. The molecule has 4 aromatic rings. The lowest BCUT2D eigenvalue weighted by Crippen LogP contribution is -2.32. The van der Waals surface area contributed by atoms with Gasteiger partial charge in [-0.15, -0.1) is 0 Å². The fourth-order valence-electron chi connectivity index (χ4n) is 3.55. The summed E-state index contributed by atoms with van der Waals surface area (Å²) in [5, 5.41) is 9.99. The number of carboxylic acid groups (broad SMARTS) is 1. The van der Waals surface area contributed by atoms with E-state index in [-0.39, 0.29) is 18.2 Å². The van der Waals surface area contributed by atoms with Crippen molar-refractivity contribution in [2.24, 2.45) is 5.73 Å². The van der Waals surface area contributed by atoms with Gasteiger partial charge in [-0.05, 0) is 30.0 Å². The Labute approximate surface area is 173 Å². The van der Waals surface area contributed by atoms with Gasteiger partial charge in [0.1, 0.15) is 6.04 Å². The number of H-pyrrole nitrogens is 1. The summed E-state index contributed by atoms with van der Waals surface area (Å²) in [7, 11) is 0. The maximum Gasteiger partial charge on any atom is 0.320 e. The number of hydrogen-bond donors (Lipinski definition) is 3. The van der Waals surface area contributed by atoms with Gasteiger partial charge in [-0.25, -0.2) is 4.98 Å². The number of para-hydroxylation sites is 1. The number of rotatable bonds is 7. The average molecular weight is 402 g/mol. The minimum atomic E-state index is -1.10. The topological polar surface area (TPSA) is 114 Å². The fraction of sp³-hybridized carbons (Fsp3) is 0.174. The number of carbonyl (C=O) groups is 2. The van der Waals surface area contributed by atoms with Gasteiger partial charge in [0.15, 0.2) is 5.82 Å². The van der Waals surface area contributed by atoms with Crippen LogP contribution in [0.15, 0.2) is 67.0 Å². The van der Waals surface area contributed by atoms with Crippen LogP contribution >= 0.6 is 0 Å². The summed E-state index contributed by atoms with van der Waals surface area (Å²) in [4.78, 5) is 31.1. The van der Waals surface area contributed by atoms with Gasteiger partial charge in [-0.3, -0.25) is 14.2 Å². The number of hydrogen-bond acceptors (Lipinski definition) is 4. The number of carboxylic acids is 1. The molecule has 30 heavy (non-hydrogen) atoms. The smallest absolute Gasteiger partial charge is 0.320 e. The molecule has 1 atom stereocenters. The van der Waals surface area contributed by atoms with Gasteiger partial charge in [0.2, 0.25) is 0 Å². The highest BCUT2D eigenvalue weighted by atomic mass is 16.4.